The van der Waals surface area contributed by atoms with Crippen LogP contribution in [0, 0.1) is 0 Å². The van der Waals surface area contributed by atoms with Gasteiger partial charge >= 0.3 is 0 Å². The van der Waals surface area contributed by atoms with E-state index in [-0.39, 0.29) is 12.5 Å². The van der Waals surface area contributed by atoms with E-state index in [1.54, 1.807) is 6.21 Å². The molecular weight excluding hydrogens is 428 g/mol. The molecule has 0 aliphatic carbocycles. The molecule has 0 heterocycles. The van der Waals surface area contributed by atoms with Crippen LogP contribution >= 0.6 is 0 Å². The number of carbonyl (C=O) groups excluding carboxylic acids is 1. The summed E-state index contributed by atoms with van der Waals surface area (Å²) < 4.78 is 17.2. The molecule has 0 unspecified atom stereocenters. The molecular formula is C28H32N2O4. The number of ether oxygens (including phenoxy) is 3. The SMILES string of the molecule is CCOc1cc(/C=N\NC(=O)COc2ccc([C@@H](C)CC)cc2)ccc1OCc1ccccc1. The maximum Gasteiger partial charge on any atom is 0.277 e. The van der Waals surface area contributed by atoms with Gasteiger partial charge in [0.2, 0.25) is 0 Å². The van der Waals surface area contributed by atoms with E-state index < -0.39 is 0 Å². The van der Waals surface area contributed by atoms with Gasteiger partial charge in [0.1, 0.15) is 12.4 Å². The zero-order valence-corrected chi connectivity index (χ0v) is 20.0. The number of hydrogen-bond acceptors (Lipinski definition) is 5. The summed E-state index contributed by atoms with van der Waals surface area (Å²) in [4.78, 5) is 12.1. The summed E-state index contributed by atoms with van der Waals surface area (Å²) in [6.07, 6.45) is 2.64. The van der Waals surface area contributed by atoms with Crippen LogP contribution in [0.5, 0.6) is 17.2 Å². The van der Waals surface area contributed by atoms with Crippen LogP contribution in [-0.4, -0.2) is 25.3 Å². The first-order valence-electron chi connectivity index (χ1n) is 11.6. The topological polar surface area (TPSA) is 69.2 Å². The third-order valence-electron chi connectivity index (χ3n) is 5.34. The second-order valence-electron chi connectivity index (χ2n) is 7.87. The van der Waals surface area contributed by atoms with Crippen LogP contribution in [-0.2, 0) is 11.4 Å². The summed E-state index contributed by atoms with van der Waals surface area (Å²) in [5.74, 6) is 2.09. The van der Waals surface area contributed by atoms with Crippen molar-refractivity contribution in [2.45, 2.75) is 39.7 Å². The van der Waals surface area contributed by atoms with Gasteiger partial charge in [-0.2, -0.15) is 5.10 Å². The smallest absolute Gasteiger partial charge is 0.277 e. The van der Waals surface area contributed by atoms with Crippen molar-refractivity contribution in [3.05, 3.63) is 89.5 Å². The summed E-state index contributed by atoms with van der Waals surface area (Å²) >= 11 is 0. The quantitative estimate of drug-likeness (QED) is 0.278. The molecule has 0 bridgehead atoms. The van der Waals surface area contributed by atoms with E-state index in [4.69, 9.17) is 14.2 Å². The van der Waals surface area contributed by atoms with Gasteiger partial charge in [-0.3, -0.25) is 4.79 Å². The Morgan fingerprint density at radius 2 is 1.71 bits per heavy atom. The minimum Gasteiger partial charge on any atom is -0.490 e. The summed E-state index contributed by atoms with van der Waals surface area (Å²) in [6, 6.07) is 23.3. The third kappa shape index (κ3) is 7.66. The van der Waals surface area contributed by atoms with Gasteiger partial charge in [0.25, 0.3) is 5.91 Å². The molecule has 0 aromatic heterocycles. The van der Waals surface area contributed by atoms with Crippen LogP contribution in [0.25, 0.3) is 0 Å². The molecule has 0 radical (unpaired) electrons. The first-order valence-corrected chi connectivity index (χ1v) is 11.6. The van der Waals surface area contributed by atoms with Gasteiger partial charge in [0.15, 0.2) is 18.1 Å². The second kappa shape index (κ2) is 13.0. The van der Waals surface area contributed by atoms with Crippen molar-refractivity contribution in [3.63, 3.8) is 0 Å². The fraction of sp³-hybridized carbons (Fsp3) is 0.286. The molecule has 0 aliphatic heterocycles. The van der Waals surface area contributed by atoms with E-state index >= 15 is 0 Å². The Hall–Kier alpha value is -3.80. The molecule has 3 aromatic carbocycles. The van der Waals surface area contributed by atoms with E-state index in [0.29, 0.717) is 36.4 Å². The number of hydrazone groups is 1. The molecule has 1 amide bonds. The highest BCUT2D eigenvalue weighted by Gasteiger charge is 2.07. The van der Waals surface area contributed by atoms with Crippen molar-refractivity contribution in [1.82, 2.24) is 5.43 Å². The molecule has 1 N–H and O–H groups in total. The molecule has 0 saturated carbocycles. The highest BCUT2D eigenvalue weighted by Crippen LogP contribution is 2.29. The molecule has 0 fully saturated rings. The first-order chi connectivity index (χ1) is 16.6. The lowest BCUT2D eigenvalue weighted by atomic mass is 9.99. The molecule has 0 aliphatic rings. The van der Waals surface area contributed by atoms with Gasteiger partial charge in [0.05, 0.1) is 12.8 Å². The minimum atomic E-state index is -0.338. The average molecular weight is 461 g/mol. The van der Waals surface area contributed by atoms with Crippen LogP contribution in [0.3, 0.4) is 0 Å². The number of hydrogen-bond donors (Lipinski definition) is 1. The van der Waals surface area contributed by atoms with Crippen LogP contribution in [0.1, 0.15) is 49.8 Å². The highest BCUT2D eigenvalue weighted by atomic mass is 16.5. The molecule has 34 heavy (non-hydrogen) atoms. The number of benzene rings is 3. The normalized spacial score (nSPS) is 11.7. The van der Waals surface area contributed by atoms with Crippen molar-refractivity contribution < 1.29 is 19.0 Å². The fourth-order valence-corrected chi connectivity index (χ4v) is 3.22. The van der Waals surface area contributed by atoms with Gasteiger partial charge in [-0.25, -0.2) is 5.43 Å². The molecule has 3 rings (SSSR count). The molecule has 1 atom stereocenters. The number of nitrogens with zero attached hydrogens (tertiary/aromatic N) is 1. The Kier molecular flexibility index (Phi) is 9.52. The lowest BCUT2D eigenvalue weighted by molar-refractivity contribution is -0.123. The minimum absolute atomic E-state index is 0.115. The molecule has 0 spiro atoms. The zero-order chi connectivity index (χ0) is 24.2. The maximum absolute atomic E-state index is 12.1. The zero-order valence-electron chi connectivity index (χ0n) is 20.0. The van der Waals surface area contributed by atoms with E-state index in [1.807, 2.05) is 79.7 Å². The van der Waals surface area contributed by atoms with Gasteiger partial charge in [0, 0.05) is 0 Å². The van der Waals surface area contributed by atoms with E-state index in [2.05, 4.69) is 24.4 Å². The molecule has 6 nitrogen and oxygen atoms in total. The highest BCUT2D eigenvalue weighted by molar-refractivity contribution is 5.83. The van der Waals surface area contributed by atoms with Gasteiger partial charge in [-0.05, 0) is 66.3 Å². The van der Waals surface area contributed by atoms with Crippen LogP contribution in [0.4, 0.5) is 0 Å². The Bertz CT molecular complexity index is 1070. The van der Waals surface area contributed by atoms with Gasteiger partial charge < -0.3 is 14.2 Å². The Morgan fingerprint density at radius 3 is 2.41 bits per heavy atom. The lowest BCUT2D eigenvalue weighted by Gasteiger charge is -2.12. The Morgan fingerprint density at radius 1 is 0.941 bits per heavy atom. The van der Waals surface area contributed by atoms with Gasteiger partial charge in [-0.1, -0.05) is 56.3 Å². The molecule has 178 valence electrons. The maximum atomic E-state index is 12.1. The number of rotatable bonds is 12. The first kappa shape index (κ1) is 24.8. The molecule has 3 aromatic rings. The summed E-state index contributed by atoms with van der Waals surface area (Å²) in [6.45, 7) is 7.10. The average Bonchev–Trinajstić information content (AvgIpc) is 2.87. The lowest BCUT2D eigenvalue weighted by Crippen LogP contribution is -2.24. The van der Waals surface area contributed by atoms with Crippen LogP contribution in [0.2, 0.25) is 0 Å². The standard InChI is InChI=1S/C28H32N2O4/c1-4-21(3)24-12-14-25(15-13-24)33-20-28(31)30-29-18-23-11-16-26(27(17-23)32-5-2)34-19-22-9-7-6-8-10-22/h6-18,21H,4-5,19-20H2,1-3H3,(H,30,31)/b29-18-/t21-/m0/s1. The number of nitrogens with one attached hydrogen (secondary N) is 1. The van der Waals surface area contributed by atoms with Gasteiger partial charge in [-0.15, -0.1) is 0 Å². The van der Waals surface area contributed by atoms with Crippen LogP contribution in [0.15, 0.2) is 77.9 Å². The van der Waals surface area contributed by atoms with Crippen molar-refractivity contribution in [1.29, 1.82) is 0 Å². The summed E-state index contributed by atoms with van der Waals surface area (Å²) in [5, 5.41) is 4.03. The fourth-order valence-electron chi connectivity index (χ4n) is 3.22. The second-order valence-corrected chi connectivity index (χ2v) is 7.87. The third-order valence-corrected chi connectivity index (χ3v) is 5.34. The van der Waals surface area contributed by atoms with Crippen molar-refractivity contribution in [2.24, 2.45) is 5.10 Å². The Labute approximate surface area is 201 Å². The molecule has 0 saturated heterocycles. The largest absolute Gasteiger partial charge is 0.490 e. The predicted octanol–water partition coefficient (Wildman–Crippen LogP) is 5.71. The van der Waals surface area contributed by atoms with Crippen LogP contribution < -0.4 is 19.6 Å². The Balaban J connectivity index is 1.50. The monoisotopic (exact) mass is 460 g/mol. The van der Waals surface area contributed by atoms with E-state index in [9.17, 15) is 4.79 Å². The number of amides is 1. The molecule has 6 heteroatoms. The summed E-state index contributed by atoms with van der Waals surface area (Å²) in [7, 11) is 0. The van der Waals surface area contributed by atoms with Crippen molar-refractivity contribution >= 4 is 12.1 Å². The number of carbonyl (C=O) groups is 1. The van der Waals surface area contributed by atoms with E-state index in [0.717, 1.165) is 17.5 Å². The predicted molar refractivity (Wildman–Crippen MR) is 135 cm³/mol. The van der Waals surface area contributed by atoms with E-state index in [1.165, 1.54) is 5.56 Å². The van der Waals surface area contributed by atoms with Crippen molar-refractivity contribution in [3.8, 4) is 17.2 Å². The summed E-state index contributed by atoms with van der Waals surface area (Å²) in [5.41, 5.74) is 5.59. The van der Waals surface area contributed by atoms with Crippen molar-refractivity contribution in [2.75, 3.05) is 13.2 Å².